The van der Waals surface area contributed by atoms with Gasteiger partial charge in [0.2, 0.25) is 5.91 Å². The van der Waals surface area contributed by atoms with Crippen LogP contribution in [0.25, 0.3) is 0 Å². The fraction of sp³-hybridized carbons (Fsp3) is 0.880. The van der Waals surface area contributed by atoms with Crippen LogP contribution in [0.1, 0.15) is 328 Å². The van der Waals surface area contributed by atoms with Crippen LogP contribution in [0.4, 0.5) is 0 Å². The van der Waals surface area contributed by atoms with E-state index in [2.05, 4.69) is 55.6 Å². The van der Waals surface area contributed by atoms with Crippen molar-refractivity contribution < 1.29 is 64.6 Å². The molecule has 12 unspecified atom stereocenters. The Balaban J connectivity index is 1.67. The molecule has 522 valence electrons. The lowest BCUT2D eigenvalue weighted by Crippen LogP contribution is -2.65. The predicted octanol–water partition coefficient (Wildman–Crippen LogP) is 15.9. The normalized spacial score (nSPS) is 23.3. The number of carbonyl (C=O) groups is 1. The number of carbonyl (C=O) groups excluding carboxylic acids is 1. The van der Waals surface area contributed by atoms with E-state index in [9.17, 15) is 45.6 Å². The zero-order valence-corrected chi connectivity index (χ0v) is 56.9. The van der Waals surface area contributed by atoms with E-state index in [0.717, 1.165) is 38.5 Å². The second-order valence-corrected chi connectivity index (χ2v) is 26.4. The molecule has 0 aromatic heterocycles. The highest BCUT2D eigenvalue weighted by Crippen LogP contribution is 2.30. The first-order valence-electron chi connectivity index (χ1n) is 37.4. The number of amides is 1. The van der Waals surface area contributed by atoms with Crippen LogP contribution in [-0.2, 0) is 23.7 Å². The highest BCUT2D eigenvalue weighted by atomic mass is 16.7. The van der Waals surface area contributed by atoms with Crippen molar-refractivity contribution in [2.45, 2.75) is 402 Å². The summed E-state index contributed by atoms with van der Waals surface area (Å²) in [6.45, 7) is 2.82. The van der Waals surface area contributed by atoms with Gasteiger partial charge in [-0.3, -0.25) is 4.79 Å². The molecule has 2 aliphatic rings. The molecule has 2 heterocycles. The lowest BCUT2D eigenvalue weighted by Gasteiger charge is -2.46. The molecule has 0 bridgehead atoms. The molecule has 14 heteroatoms. The first kappa shape index (κ1) is 83.0. The summed E-state index contributed by atoms with van der Waals surface area (Å²) < 4.78 is 22.9. The summed E-state index contributed by atoms with van der Waals surface area (Å²) in [4.78, 5) is 13.3. The summed E-state index contributed by atoms with van der Waals surface area (Å²) >= 11 is 0. The molecular weight excluding hydrogens is 1120 g/mol. The summed E-state index contributed by atoms with van der Waals surface area (Å²) in [5, 5.41) is 87.5. The van der Waals surface area contributed by atoms with Gasteiger partial charge in [-0.1, -0.05) is 306 Å². The molecule has 1 amide bonds. The number of nitrogens with one attached hydrogen (secondary N) is 1. The Morgan fingerprint density at radius 3 is 1.17 bits per heavy atom. The number of allylic oxidation sites excluding steroid dienone is 7. The van der Waals surface area contributed by atoms with Gasteiger partial charge in [0, 0.05) is 6.42 Å². The third-order valence-corrected chi connectivity index (χ3v) is 18.2. The minimum atomic E-state index is -1.79. The van der Waals surface area contributed by atoms with E-state index < -0.39 is 86.8 Å². The van der Waals surface area contributed by atoms with Crippen molar-refractivity contribution in [1.82, 2.24) is 5.32 Å². The van der Waals surface area contributed by atoms with Gasteiger partial charge in [0.25, 0.3) is 0 Å². The summed E-state index contributed by atoms with van der Waals surface area (Å²) in [5.74, 6) is -0.245. The maximum Gasteiger partial charge on any atom is 0.220 e. The molecule has 2 aliphatic heterocycles. The maximum atomic E-state index is 13.3. The molecule has 89 heavy (non-hydrogen) atoms. The zero-order valence-electron chi connectivity index (χ0n) is 56.9. The Labute approximate surface area is 543 Å². The van der Waals surface area contributed by atoms with Crippen LogP contribution in [0.3, 0.4) is 0 Å². The van der Waals surface area contributed by atoms with E-state index in [1.165, 1.54) is 257 Å². The van der Waals surface area contributed by atoms with Gasteiger partial charge in [0.15, 0.2) is 12.6 Å². The minimum Gasteiger partial charge on any atom is -0.394 e. The third kappa shape index (κ3) is 43.5. The molecule has 2 fully saturated rings. The smallest absolute Gasteiger partial charge is 0.220 e. The van der Waals surface area contributed by atoms with Crippen LogP contribution in [0.5, 0.6) is 0 Å². The van der Waals surface area contributed by atoms with Crippen molar-refractivity contribution in [3.05, 3.63) is 48.6 Å². The molecule has 2 saturated heterocycles. The van der Waals surface area contributed by atoms with E-state index in [1.54, 1.807) is 6.08 Å². The van der Waals surface area contributed by atoms with Crippen molar-refractivity contribution in [3.63, 3.8) is 0 Å². The molecule has 0 aliphatic carbocycles. The fourth-order valence-corrected chi connectivity index (χ4v) is 12.3. The molecule has 0 aromatic rings. The summed E-state index contributed by atoms with van der Waals surface area (Å²) in [7, 11) is 0. The highest BCUT2D eigenvalue weighted by molar-refractivity contribution is 5.76. The Morgan fingerprint density at radius 1 is 0.404 bits per heavy atom. The Bertz CT molecular complexity index is 1680. The van der Waals surface area contributed by atoms with Gasteiger partial charge in [-0.05, 0) is 64.2 Å². The molecule has 2 rings (SSSR count). The van der Waals surface area contributed by atoms with E-state index in [0.29, 0.717) is 12.8 Å². The maximum absolute atomic E-state index is 13.3. The second kappa shape index (κ2) is 59.7. The number of aliphatic hydroxyl groups is 8. The van der Waals surface area contributed by atoms with Gasteiger partial charge in [-0.2, -0.15) is 0 Å². The monoisotopic (exact) mass is 1260 g/mol. The highest BCUT2D eigenvalue weighted by Gasteiger charge is 2.51. The lowest BCUT2D eigenvalue weighted by atomic mass is 9.97. The quantitative estimate of drug-likeness (QED) is 0.0204. The van der Waals surface area contributed by atoms with Gasteiger partial charge in [-0.15, -0.1) is 0 Å². The largest absolute Gasteiger partial charge is 0.394 e. The van der Waals surface area contributed by atoms with Gasteiger partial charge in [-0.25, -0.2) is 0 Å². The van der Waals surface area contributed by atoms with Crippen LogP contribution in [0.15, 0.2) is 48.6 Å². The Morgan fingerprint density at radius 2 is 0.753 bits per heavy atom. The number of hydrogen-bond donors (Lipinski definition) is 9. The number of ether oxygens (including phenoxy) is 4. The molecule has 12 atom stereocenters. The van der Waals surface area contributed by atoms with E-state index in [1.807, 2.05) is 6.08 Å². The molecule has 14 nitrogen and oxygen atoms in total. The van der Waals surface area contributed by atoms with Crippen LogP contribution >= 0.6 is 0 Å². The van der Waals surface area contributed by atoms with Gasteiger partial charge in [0.1, 0.15) is 48.8 Å². The lowest BCUT2D eigenvalue weighted by molar-refractivity contribution is -0.359. The van der Waals surface area contributed by atoms with Gasteiger partial charge in [0.05, 0.1) is 32.0 Å². The zero-order chi connectivity index (χ0) is 64.5. The second-order valence-electron chi connectivity index (χ2n) is 26.4. The van der Waals surface area contributed by atoms with E-state index in [-0.39, 0.29) is 18.9 Å². The average Bonchev–Trinajstić information content (AvgIpc) is 2.75. The topological polar surface area (TPSA) is 228 Å². The third-order valence-electron chi connectivity index (χ3n) is 18.2. The summed E-state index contributed by atoms with van der Waals surface area (Å²) in [5.41, 5.74) is 0. The van der Waals surface area contributed by atoms with E-state index in [4.69, 9.17) is 18.9 Å². The minimum absolute atomic E-state index is 0.245. The SMILES string of the molecule is CCCCCCC/C=C\C/C=C\CCCCCCCCCCCCCCCCCC(=O)NC(COC1OC(CO)C(OC2OC(CO)C(O)C(O)C2O)C(O)C1O)C(O)/C=C/CC/C=C/CCCCCCCCCCCCCCCCCCCCCCCC. The first-order valence-corrected chi connectivity index (χ1v) is 37.4. The van der Waals surface area contributed by atoms with Crippen molar-refractivity contribution >= 4 is 5.91 Å². The first-order chi connectivity index (χ1) is 43.6. The van der Waals surface area contributed by atoms with Crippen molar-refractivity contribution in [2.24, 2.45) is 0 Å². The van der Waals surface area contributed by atoms with Crippen molar-refractivity contribution in [1.29, 1.82) is 0 Å². The van der Waals surface area contributed by atoms with Crippen molar-refractivity contribution in [2.75, 3.05) is 19.8 Å². The van der Waals surface area contributed by atoms with Crippen LogP contribution in [0.2, 0.25) is 0 Å². The average molecular weight is 1260 g/mol. The molecule has 9 N–H and O–H groups in total. The molecule has 0 radical (unpaired) electrons. The van der Waals surface area contributed by atoms with Gasteiger partial charge < -0.3 is 65.1 Å². The standard InChI is InChI=1S/C75H139NO13/c1-3-5-7-9-11-13-15-17-19-21-23-25-27-29-31-33-34-36-38-40-42-44-46-48-50-52-54-56-58-64(79)63(62-86-74-72(85)70(83)73(66(61-78)88-74)89-75-71(84)69(82)68(81)65(60-77)87-75)76-67(80)59-57-55-53-51-49-47-45-43-41-39-37-35-32-30-28-26-24-22-20-18-16-14-12-10-8-6-4-2/h16,18,22,24,48,50,56,58,63-66,68-75,77-79,81-85H,3-15,17,19-21,23,25-47,49,51-55,57,59-62H2,1-2H3,(H,76,80)/b18-16-,24-22-,50-48+,58-56+. The number of aliphatic hydroxyl groups excluding tert-OH is 8. The van der Waals surface area contributed by atoms with Crippen LogP contribution in [0, 0.1) is 0 Å². The van der Waals surface area contributed by atoms with Gasteiger partial charge >= 0.3 is 0 Å². The molecule has 0 saturated carbocycles. The molecule has 0 aromatic carbocycles. The summed E-state index contributed by atoms with van der Waals surface area (Å²) in [6, 6.07) is -0.934. The van der Waals surface area contributed by atoms with E-state index >= 15 is 0 Å². The predicted molar refractivity (Wildman–Crippen MR) is 364 cm³/mol. The van der Waals surface area contributed by atoms with Crippen LogP contribution in [-0.4, -0.2) is 140 Å². The van der Waals surface area contributed by atoms with Crippen LogP contribution < -0.4 is 5.32 Å². The Kier molecular flexibility index (Phi) is 55.7. The fourth-order valence-electron chi connectivity index (χ4n) is 12.3. The molecular formula is C75H139NO13. The Hall–Kier alpha value is -2.05. The number of hydrogen-bond acceptors (Lipinski definition) is 13. The molecule has 0 spiro atoms. The number of rotatable bonds is 62. The summed E-state index contributed by atoms with van der Waals surface area (Å²) in [6.07, 6.45) is 61.8. The van der Waals surface area contributed by atoms with Crippen molar-refractivity contribution in [3.8, 4) is 0 Å². The number of unbranched alkanes of at least 4 members (excludes halogenated alkanes) is 43.